The van der Waals surface area contributed by atoms with Crippen LogP contribution in [0.5, 0.6) is 0 Å². The molecular formula is C38H36. The minimum Gasteiger partial charge on any atom is -0.0842 e. The summed E-state index contributed by atoms with van der Waals surface area (Å²) < 4.78 is 0. The van der Waals surface area contributed by atoms with Crippen molar-refractivity contribution >= 4 is 10.8 Å². The molecule has 0 saturated heterocycles. The molecule has 4 aliphatic carbocycles. The fourth-order valence-corrected chi connectivity index (χ4v) is 7.32. The highest BCUT2D eigenvalue weighted by Crippen LogP contribution is 2.55. The van der Waals surface area contributed by atoms with Gasteiger partial charge in [-0.05, 0) is 98.8 Å². The summed E-state index contributed by atoms with van der Waals surface area (Å²) in [6.45, 7) is 4.77. The fraction of sp³-hybridized carbons (Fsp3) is 0.263. The largest absolute Gasteiger partial charge is 0.0842 e. The first-order valence-electron chi connectivity index (χ1n) is 14.5. The van der Waals surface area contributed by atoms with E-state index in [0.717, 1.165) is 19.3 Å². The van der Waals surface area contributed by atoms with Crippen LogP contribution in [0.25, 0.3) is 21.9 Å². The highest BCUT2D eigenvalue weighted by atomic mass is 14.4. The Morgan fingerprint density at radius 1 is 0.868 bits per heavy atom. The lowest BCUT2D eigenvalue weighted by atomic mass is 9.60. The molecule has 0 heteroatoms. The van der Waals surface area contributed by atoms with Crippen LogP contribution in [0.3, 0.4) is 0 Å². The van der Waals surface area contributed by atoms with Crippen LogP contribution >= 0.6 is 0 Å². The number of hydrogen-bond donors (Lipinski definition) is 0. The van der Waals surface area contributed by atoms with Gasteiger partial charge in [-0.2, -0.15) is 0 Å². The van der Waals surface area contributed by atoms with Crippen molar-refractivity contribution in [2.45, 2.75) is 45.4 Å². The molecule has 4 atom stereocenters. The van der Waals surface area contributed by atoms with Crippen molar-refractivity contribution in [3.63, 3.8) is 0 Å². The molecule has 0 nitrogen and oxygen atoms in total. The molecule has 3 aromatic rings. The normalized spacial score (nSPS) is 26.4. The van der Waals surface area contributed by atoms with E-state index in [1.54, 1.807) is 16.7 Å². The second kappa shape index (κ2) is 9.59. The van der Waals surface area contributed by atoms with Crippen molar-refractivity contribution in [3.8, 4) is 11.1 Å². The van der Waals surface area contributed by atoms with Gasteiger partial charge in [0, 0.05) is 5.92 Å². The van der Waals surface area contributed by atoms with Crippen LogP contribution in [0, 0.1) is 17.8 Å². The number of benzene rings is 3. The van der Waals surface area contributed by atoms with Crippen LogP contribution < -0.4 is 0 Å². The van der Waals surface area contributed by atoms with E-state index in [1.165, 1.54) is 45.0 Å². The maximum Gasteiger partial charge on any atom is 0.0162 e. The van der Waals surface area contributed by atoms with Crippen molar-refractivity contribution in [1.29, 1.82) is 0 Å². The zero-order valence-electron chi connectivity index (χ0n) is 22.5. The second-order valence-corrected chi connectivity index (χ2v) is 11.8. The Kier molecular flexibility index (Phi) is 5.92. The molecule has 188 valence electrons. The van der Waals surface area contributed by atoms with Gasteiger partial charge in [-0.1, -0.05) is 123 Å². The highest BCUT2D eigenvalue weighted by Gasteiger charge is 2.41. The maximum absolute atomic E-state index is 2.61. The second-order valence-electron chi connectivity index (χ2n) is 11.8. The quantitative estimate of drug-likeness (QED) is 0.341. The van der Waals surface area contributed by atoms with Crippen LogP contribution in [-0.4, -0.2) is 0 Å². The van der Waals surface area contributed by atoms with Gasteiger partial charge in [-0.15, -0.1) is 0 Å². The summed E-state index contributed by atoms with van der Waals surface area (Å²) in [7, 11) is 0. The van der Waals surface area contributed by atoms with Crippen molar-refractivity contribution in [2.75, 3.05) is 0 Å². The van der Waals surface area contributed by atoms with E-state index in [0.29, 0.717) is 23.7 Å². The summed E-state index contributed by atoms with van der Waals surface area (Å²) >= 11 is 0. The highest BCUT2D eigenvalue weighted by molar-refractivity contribution is 5.96. The minimum atomic E-state index is 0.393. The number of rotatable bonds is 3. The molecule has 0 aliphatic heterocycles. The monoisotopic (exact) mass is 492 g/mol. The van der Waals surface area contributed by atoms with Crippen LogP contribution in [0.4, 0.5) is 0 Å². The maximum atomic E-state index is 2.61. The summed E-state index contributed by atoms with van der Waals surface area (Å²) in [5, 5.41) is 2.63. The van der Waals surface area contributed by atoms with E-state index < -0.39 is 0 Å². The van der Waals surface area contributed by atoms with Crippen molar-refractivity contribution in [2.24, 2.45) is 17.8 Å². The molecule has 0 bridgehead atoms. The molecule has 38 heavy (non-hydrogen) atoms. The Labute approximate surface area is 227 Å². The van der Waals surface area contributed by atoms with Crippen molar-refractivity contribution in [1.82, 2.24) is 0 Å². The molecule has 0 fully saturated rings. The van der Waals surface area contributed by atoms with Crippen molar-refractivity contribution < 1.29 is 0 Å². The summed E-state index contributed by atoms with van der Waals surface area (Å²) in [5.41, 5.74) is 11.8. The molecule has 0 saturated carbocycles. The molecule has 0 spiro atoms. The van der Waals surface area contributed by atoms with Gasteiger partial charge in [0.25, 0.3) is 0 Å². The predicted octanol–water partition coefficient (Wildman–Crippen LogP) is 10.3. The Morgan fingerprint density at radius 2 is 1.74 bits per heavy atom. The first-order valence-corrected chi connectivity index (χ1v) is 14.5. The summed E-state index contributed by atoms with van der Waals surface area (Å²) in [6.07, 6.45) is 21.7. The summed E-state index contributed by atoms with van der Waals surface area (Å²) in [5.74, 6) is 2.08. The molecule has 0 radical (unpaired) electrons. The third-order valence-electron chi connectivity index (χ3n) is 9.08. The molecule has 0 aromatic heterocycles. The van der Waals surface area contributed by atoms with Gasteiger partial charge in [-0.3, -0.25) is 0 Å². The van der Waals surface area contributed by atoms with Gasteiger partial charge < -0.3 is 0 Å². The molecule has 4 unspecified atom stereocenters. The Hall–Kier alpha value is -3.64. The molecular weight excluding hydrogens is 456 g/mol. The number of allylic oxidation sites excluding steroid dienone is 12. The average Bonchev–Trinajstić information content (AvgIpc) is 2.96. The van der Waals surface area contributed by atoms with Gasteiger partial charge in [0.15, 0.2) is 0 Å². The van der Waals surface area contributed by atoms with Gasteiger partial charge in [0.1, 0.15) is 0 Å². The lowest BCUT2D eigenvalue weighted by Crippen LogP contribution is -2.30. The molecule has 3 aromatic carbocycles. The van der Waals surface area contributed by atoms with Crippen LogP contribution in [0.1, 0.15) is 51.0 Å². The van der Waals surface area contributed by atoms with Crippen LogP contribution in [-0.2, 0) is 0 Å². The molecule has 4 aliphatic rings. The molecule has 0 heterocycles. The molecule has 0 N–H and O–H groups in total. The molecule has 7 rings (SSSR count). The number of hydrogen-bond acceptors (Lipinski definition) is 0. The van der Waals surface area contributed by atoms with Crippen LogP contribution in [0.15, 0.2) is 137 Å². The minimum absolute atomic E-state index is 0.393. The van der Waals surface area contributed by atoms with E-state index in [2.05, 4.69) is 123 Å². The lowest BCUT2D eigenvalue weighted by Gasteiger charge is -2.44. The van der Waals surface area contributed by atoms with Gasteiger partial charge in [0.2, 0.25) is 0 Å². The average molecular weight is 493 g/mol. The first-order chi connectivity index (χ1) is 18.7. The molecule has 0 amide bonds. The van der Waals surface area contributed by atoms with Gasteiger partial charge >= 0.3 is 0 Å². The summed E-state index contributed by atoms with van der Waals surface area (Å²) in [4.78, 5) is 0. The van der Waals surface area contributed by atoms with E-state index in [4.69, 9.17) is 0 Å². The topological polar surface area (TPSA) is 0 Å². The van der Waals surface area contributed by atoms with E-state index in [-0.39, 0.29) is 0 Å². The number of fused-ring (bicyclic) bond motifs is 3. The first kappa shape index (κ1) is 23.5. The third kappa shape index (κ3) is 3.99. The van der Waals surface area contributed by atoms with E-state index >= 15 is 0 Å². The summed E-state index contributed by atoms with van der Waals surface area (Å²) in [6, 6.07) is 25.0. The van der Waals surface area contributed by atoms with Gasteiger partial charge in [0.05, 0.1) is 0 Å². The van der Waals surface area contributed by atoms with Crippen LogP contribution in [0.2, 0.25) is 0 Å². The third-order valence-corrected chi connectivity index (χ3v) is 9.08. The lowest BCUT2D eigenvalue weighted by molar-refractivity contribution is 0.423. The smallest absolute Gasteiger partial charge is 0.0162 e. The fourth-order valence-electron chi connectivity index (χ4n) is 7.32. The Morgan fingerprint density at radius 3 is 2.63 bits per heavy atom. The van der Waals surface area contributed by atoms with E-state index in [9.17, 15) is 0 Å². The van der Waals surface area contributed by atoms with E-state index in [1.807, 2.05) is 0 Å². The Bertz CT molecular complexity index is 1590. The predicted molar refractivity (Wildman–Crippen MR) is 162 cm³/mol. The zero-order chi connectivity index (χ0) is 25.6. The SMILES string of the molecule is CC1C=C2C(=CC1)C(C1=CC=CCC1)=C1C=CC(C)CC1C2c1cccc(-c2cccc3ccccc23)c1. The van der Waals surface area contributed by atoms with Crippen molar-refractivity contribution in [3.05, 3.63) is 143 Å². The Balaban J connectivity index is 1.42. The van der Waals surface area contributed by atoms with Gasteiger partial charge in [-0.25, -0.2) is 0 Å². The standard InChI is InChI=1S/C38H36/c1-25-18-20-33-35(22-25)38(36-23-26(2)19-21-34(36)37(33)28-11-4-3-5-12-28)30-15-8-14-29(24-30)32-17-9-13-27-10-6-7-16-31(27)32/h3-4,6-11,13-18,20-21,23-26,35,38H,5,12,19,22H2,1-2H3. The zero-order valence-corrected chi connectivity index (χ0v) is 22.5.